The Labute approximate surface area is 375 Å². The molecule has 2 aliphatic rings. The van der Waals surface area contributed by atoms with Gasteiger partial charge in [0.05, 0.1) is 19.8 Å². The third-order valence-corrected chi connectivity index (χ3v) is 12.1. The fourth-order valence-electron chi connectivity index (χ4n) is 7.16. The summed E-state index contributed by atoms with van der Waals surface area (Å²) < 4.78 is 82.8. The summed E-state index contributed by atoms with van der Waals surface area (Å²) in [6.45, 7) is -0.313. The number of fused-ring (bicyclic) bond motifs is 2. The molecule has 6 aromatic rings. The van der Waals surface area contributed by atoms with Gasteiger partial charge in [-0.25, -0.2) is 9.97 Å². The molecule has 2 fully saturated rings. The van der Waals surface area contributed by atoms with Crippen LogP contribution in [0.3, 0.4) is 0 Å². The molecule has 2 aromatic heterocycles. The number of aromatic nitrogens is 2. The first-order chi connectivity index (χ1) is 30.2. The van der Waals surface area contributed by atoms with Gasteiger partial charge in [0.15, 0.2) is 17.5 Å². The minimum atomic E-state index is -3.03. The van der Waals surface area contributed by atoms with E-state index in [-0.39, 0.29) is 47.2 Å². The average Bonchev–Trinajstić information content (AvgIpc) is 4.10. The fourth-order valence-corrected chi connectivity index (χ4v) is 7.90. The van der Waals surface area contributed by atoms with Crippen molar-refractivity contribution in [2.24, 2.45) is 0 Å². The number of halogens is 6. The van der Waals surface area contributed by atoms with Gasteiger partial charge < -0.3 is 33.1 Å². The van der Waals surface area contributed by atoms with E-state index in [1.165, 1.54) is 32.4 Å². The van der Waals surface area contributed by atoms with Gasteiger partial charge in [-0.15, -0.1) is 0 Å². The molecule has 0 spiro atoms. The minimum Gasteiger partial charge on any atom is -0.468 e. The Bertz CT molecular complexity index is 2580. The normalized spacial score (nSPS) is 16.1. The summed E-state index contributed by atoms with van der Waals surface area (Å²) in [6, 6.07) is 16.5. The summed E-state index contributed by atoms with van der Waals surface area (Å²) in [5.41, 5.74) is 5.48. The van der Waals surface area contributed by atoms with Crippen LogP contribution in [0.2, 0.25) is 0 Å². The van der Waals surface area contributed by atoms with Crippen LogP contribution in [0.15, 0.2) is 78.4 Å². The zero-order chi connectivity index (χ0) is 45.4. The molecule has 4 aromatic carbocycles. The molecule has 13 nitrogen and oxygen atoms in total. The molecule has 0 radical (unpaired) electrons. The lowest BCUT2D eigenvalue weighted by atomic mass is 10.1. The molecule has 334 valence electrons. The smallest absolute Gasteiger partial charge is 0.387 e. The monoisotopic (exact) mass is 1000 g/mol. The van der Waals surface area contributed by atoms with Crippen molar-refractivity contribution in [3.8, 4) is 34.4 Å². The molecular formula is C44H42Br2F4N4O9. The summed E-state index contributed by atoms with van der Waals surface area (Å²) >= 11 is 6.92. The van der Waals surface area contributed by atoms with Gasteiger partial charge in [-0.3, -0.25) is 19.3 Å². The molecule has 0 bridgehead atoms. The van der Waals surface area contributed by atoms with Gasteiger partial charge in [0.1, 0.15) is 34.6 Å². The predicted octanol–water partition coefficient (Wildman–Crippen LogP) is 10.2. The van der Waals surface area contributed by atoms with Crippen molar-refractivity contribution < 1.29 is 59.7 Å². The number of hydrogen-bond acceptors (Lipinski definition) is 13. The second-order valence-electron chi connectivity index (χ2n) is 14.3. The van der Waals surface area contributed by atoms with Crippen molar-refractivity contribution in [2.75, 3.05) is 27.3 Å². The van der Waals surface area contributed by atoms with E-state index in [0.717, 1.165) is 57.0 Å². The Balaban J connectivity index is 0.000000180. The highest BCUT2D eigenvalue weighted by Crippen LogP contribution is 2.36. The van der Waals surface area contributed by atoms with Crippen LogP contribution in [0.4, 0.5) is 17.6 Å². The van der Waals surface area contributed by atoms with Crippen LogP contribution in [0, 0.1) is 13.8 Å². The molecule has 19 heteroatoms. The van der Waals surface area contributed by atoms with Gasteiger partial charge in [0, 0.05) is 44.3 Å². The highest BCUT2D eigenvalue weighted by molar-refractivity contribution is 9.10. The number of benzene rings is 4. The number of nitrogens with one attached hydrogen (secondary N) is 1. The summed E-state index contributed by atoms with van der Waals surface area (Å²) in [5.74, 6) is 0.0338. The molecule has 4 heterocycles. The first-order valence-corrected chi connectivity index (χ1v) is 21.2. The molecule has 63 heavy (non-hydrogen) atoms. The van der Waals surface area contributed by atoms with Crippen LogP contribution in [-0.2, 0) is 25.6 Å². The van der Waals surface area contributed by atoms with E-state index in [2.05, 4.69) is 56.6 Å². The predicted molar refractivity (Wildman–Crippen MR) is 231 cm³/mol. The lowest BCUT2D eigenvalue weighted by Crippen LogP contribution is -2.36. The first-order valence-electron chi connectivity index (χ1n) is 19.6. The Hall–Kier alpha value is -5.37. The maximum atomic E-state index is 13.1. The van der Waals surface area contributed by atoms with Crippen LogP contribution in [0.5, 0.6) is 11.5 Å². The first kappa shape index (κ1) is 47.1. The average molecular weight is 1010 g/mol. The van der Waals surface area contributed by atoms with E-state index in [4.69, 9.17) is 18.3 Å². The summed E-state index contributed by atoms with van der Waals surface area (Å²) in [4.78, 5) is 44.6. The van der Waals surface area contributed by atoms with Crippen molar-refractivity contribution >= 4 is 72.3 Å². The standard InChI is InChI=1S/C22H21BrF2N2O4.C16H10BrF2NO3.C6H11NO2/c1-12-14(5-3-6-15(12)23)20-26-16-9-13(18(31-22(24)25)10-19(16)30-20)11-27-8-4-7-17(27)21(28)29-2;1-8-10(3-2-4-11(8)17)15-20-12-5-9(7-21)13(23-16(18)19)6-14(12)22-15;1-9-6(8)5-3-2-4-7-5/h3,5-6,9-10,17,22H,4,7-8,11H2,1-2H3;2-7,16H,1H3;5,7H,2-4H2,1H3/t17-;;5-/m0.0/s1. The Kier molecular flexibility index (Phi) is 16.0. The summed E-state index contributed by atoms with van der Waals surface area (Å²) in [6.07, 6.45) is 3.93. The maximum absolute atomic E-state index is 13.1. The Morgan fingerprint density at radius 3 is 1.89 bits per heavy atom. The molecule has 0 unspecified atom stereocenters. The summed E-state index contributed by atoms with van der Waals surface area (Å²) in [7, 11) is 2.76. The van der Waals surface area contributed by atoms with Crippen LogP contribution < -0.4 is 14.8 Å². The third-order valence-electron chi connectivity index (χ3n) is 10.4. The van der Waals surface area contributed by atoms with Gasteiger partial charge in [0.2, 0.25) is 11.8 Å². The fraction of sp³-hybridized carbons (Fsp3) is 0.341. The minimum absolute atomic E-state index is 0.00619. The number of likely N-dealkylation sites (tertiary alicyclic amines) is 1. The highest BCUT2D eigenvalue weighted by atomic mass is 79.9. The van der Waals surface area contributed by atoms with E-state index < -0.39 is 19.3 Å². The second kappa shape index (κ2) is 21.3. The van der Waals surface area contributed by atoms with Crippen LogP contribution in [-0.4, -0.2) is 85.7 Å². The number of esters is 2. The SMILES string of the molecule is COC(=O)[C@@H]1CCCN1.COC(=O)[C@@H]1CCCN1Cc1cc2nc(-c3cccc(Br)c3C)oc2cc1OC(F)F.Cc1c(Br)cccc1-c1nc2cc(C=O)c(OC(F)F)cc2o1. The third kappa shape index (κ3) is 11.4. The molecule has 0 aliphatic carbocycles. The van der Waals surface area contributed by atoms with Crippen molar-refractivity contribution in [3.05, 3.63) is 91.9 Å². The van der Waals surface area contributed by atoms with E-state index >= 15 is 0 Å². The molecule has 0 saturated carbocycles. The van der Waals surface area contributed by atoms with E-state index in [0.29, 0.717) is 53.2 Å². The number of aldehydes is 1. The lowest BCUT2D eigenvalue weighted by Gasteiger charge is -2.23. The number of carbonyl (C=O) groups is 3. The quantitative estimate of drug-likeness (QED) is 0.0744. The largest absolute Gasteiger partial charge is 0.468 e. The molecular weight excluding hydrogens is 964 g/mol. The number of oxazole rings is 2. The van der Waals surface area contributed by atoms with Crippen molar-refractivity contribution in [1.29, 1.82) is 0 Å². The van der Waals surface area contributed by atoms with Gasteiger partial charge in [0.25, 0.3) is 0 Å². The zero-order valence-electron chi connectivity index (χ0n) is 34.4. The molecule has 0 amide bonds. The Morgan fingerprint density at radius 1 is 0.810 bits per heavy atom. The number of hydrogen-bond donors (Lipinski definition) is 1. The number of ether oxygens (including phenoxy) is 4. The van der Waals surface area contributed by atoms with E-state index in [9.17, 15) is 31.9 Å². The van der Waals surface area contributed by atoms with Gasteiger partial charge in [-0.1, -0.05) is 44.0 Å². The highest BCUT2D eigenvalue weighted by Gasteiger charge is 2.32. The van der Waals surface area contributed by atoms with E-state index in [1.54, 1.807) is 6.07 Å². The van der Waals surface area contributed by atoms with Gasteiger partial charge >= 0.3 is 25.2 Å². The zero-order valence-corrected chi connectivity index (χ0v) is 37.6. The topological polar surface area (TPSA) is 155 Å². The number of methoxy groups -OCH3 is 2. The van der Waals surface area contributed by atoms with Crippen LogP contribution in [0.1, 0.15) is 52.7 Å². The Morgan fingerprint density at radius 2 is 1.37 bits per heavy atom. The van der Waals surface area contributed by atoms with Crippen molar-refractivity contribution in [2.45, 2.75) is 71.4 Å². The van der Waals surface area contributed by atoms with Gasteiger partial charge in [-0.2, -0.15) is 17.6 Å². The molecule has 1 N–H and O–H groups in total. The number of nitrogens with zero attached hydrogens (tertiary/aromatic N) is 3. The number of rotatable bonds is 11. The van der Waals surface area contributed by atoms with E-state index in [1.807, 2.05) is 55.1 Å². The van der Waals surface area contributed by atoms with Crippen LogP contribution >= 0.6 is 31.9 Å². The second-order valence-corrected chi connectivity index (χ2v) is 16.1. The molecule has 2 saturated heterocycles. The van der Waals surface area contributed by atoms with Crippen LogP contribution in [0.25, 0.3) is 45.1 Å². The molecule has 2 atom stereocenters. The van der Waals surface area contributed by atoms with Crippen molar-refractivity contribution in [3.63, 3.8) is 0 Å². The molecule has 2 aliphatic heterocycles. The number of carbonyl (C=O) groups excluding carboxylic acids is 3. The summed E-state index contributed by atoms with van der Waals surface area (Å²) in [5, 5.41) is 3.03. The maximum Gasteiger partial charge on any atom is 0.387 e. The van der Waals surface area contributed by atoms with Gasteiger partial charge in [-0.05, 0) is 100 Å². The molecule has 8 rings (SSSR count). The lowest BCUT2D eigenvalue weighted by molar-refractivity contribution is -0.146. The van der Waals surface area contributed by atoms with Crippen molar-refractivity contribution in [1.82, 2.24) is 20.2 Å². The number of alkyl halides is 4.